The molecule has 0 atom stereocenters. The van der Waals surface area contributed by atoms with Crippen LogP contribution in [-0.4, -0.2) is 18.6 Å². The first-order valence-electron chi connectivity index (χ1n) is 5.99. The summed E-state index contributed by atoms with van der Waals surface area (Å²) in [7, 11) is 0. The molecule has 1 saturated heterocycles. The number of anilines is 1. The van der Waals surface area contributed by atoms with Gasteiger partial charge in [-0.3, -0.25) is 0 Å². The van der Waals surface area contributed by atoms with Crippen LogP contribution in [0.15, 0.2) is 30.3 Å². The van der Waals surface area contributed by atoms with E-state index in [-0.39, 0.29) is 49.6 Å². The molecular weight excluding hydrogens is 423 g/mol. The summed E-state index contributed by atoms with van der Waals surface area (Å²) in [5, 5.41) is 8.14. The fourth-order valence-electron chi connectivity index (χ4n) is 2.80. The summed E-state index contributed by atoms with van der Waals surface area (Å²) in [5.74, 6) is 0. The molecule has 2 nitrogen and oxygen atoms in total. The van der Waals surface area contributed by atoms with Crippen molar-refractivity contribution in [2.75, 3.05) is 18.4 Å². The van der Waals surface area contributed by atoms with Crippen LogP contribution in [0.2, 0.25) is 0 Å². The molecule has 2 heterocycles. The molecule has 2 aliphatic heterocycles. The van der Waals surface area contributed by atoms with Gasteiger partial charge >= 0.3 is 0 Å². The number of fused-ring (bicyclic) bond motifs is 1. The van der Waals surface area contributed by atoms with Gasteiger partial charge in [0.25, 0.3) is 0 Å². The van der Waals surface area contributed by atoms with Gasteiger partial charge in [0.15, 0.2) is 0 Å². The first-order chi connectivity index (χ1) is 7.79. The Labute approximate surface area is 139 Å². The van der Waals surface area contributed by atoms with Gasteiger partial charge in [0, 0.05) is 55.3 Å². The normalized spacial score (nSPS) is 20.9. The van der Waals surface area contributed by atoms with Crippen LogP contribution in [0.25, 0.3) is 10.9 Å². The van der Waals surface area contributed by atoms with E-state index in [1.54, 1.807) is 0 Å². The number of nitrogens with one attached hydrogen (secondary N) is 1. The van der Waals surface area contributed by atoms with E-state index < -0.39 is 0 Å². The number of hydrogen-bond donors (Lipinski definition) is 1. The van der Waals surface area contributed by atoms with Crippen LogP contribution in [0.1, 0.15) is 25.3 Å². The van der Waals surface area contributed by atoms with E-state index in [1.807, 2.05) is 0 Å². The van der Waals surface area contributed by atoms with Crippen molar-refractivity contribution >= 4 is 11.3 Å². The van der Waals surface area contributed by atoms with E-state index in [0.717, 1.165) is 25.9 Å². The summed E-state index contributed by atoms with van der Waals surface area (Å²) in [5.41, 5.74) is 4.19. The number of benzene rings is 1. The summed E-state index contributed by atoms with van der Waals surface area (Å²) in [6, 6.07) is 8.57. The van der Waals surface area contributed by atoms with Crippen molar-refractivity contribution in [2.24, 2.45) is 0 Å². The van der Waals surface area contributed by atoms with E-state index in [4.69, 9.17) is 0 Å². The van der Waals surface area contributed by atoms with Gasteiger partial charge in [0.1, 0.15) is 0 Å². The zero-order chi connectivity index (χ0) is 11.0. The molecule has 0 aromatic heterocycles. The Bertz CT molecular complexity index is 434. The van der Waals surface area contributed by atoms with Crippen LogP contribution >= 0.6 is 0 Å². The van der Waals surface area contributed by atoms with E-state index >= 15 is 0 Å². The molecule has 0 amide bonds. The van der Waals surface area contributed by atoms with E-state index in [1.165, 1.54) is 16.8 Å². The first-order valence-corrected chi connectivity index (χ1v) is 5.99. The maximum Gasteiger partial charge on any atom is 0.0529 e. The van der Waals surface area contributed by atoms with Gasteiger partial charge in [-0.1, -0.05) is 24.3 Å². The molecule has 1 aromatic carbocycles. The van der Waals surface area contributed by atoms with Gasteiger partial charge in [0.05, 0.1) is 5.54 Å². The SMILES string of the molecule is CC1=CC2(CC[N-]CC2)Nc2ccccc21.[Ac]. The minimum atomic E-state index is 0. The van der Waals surface area contributed by atoms with Gasteiger partial charge in [-0.05, 0) is 31.4 Å². The Morgan fingerprint density at radius 2 is 1.88 bits per heavy atom. The number of nitrogens with zero attached hydrogens (tertiary/aromatic N) is 1. The Hall–Kier alpha value is 0.162. The van der Waals surface area contributed by atoms with Crippen LogP contribution in [0.4, 0.5) is 5.69 Å². The van der Waals surface area contributed by atoms with Gasteiger partial charge in [-0.25, -0.2) is 0 Å². The summed E-state index contributed by atoms with van der Waals surface area (Å²) in [6.45, 7) is 4.19. The average molecular weight is 440 g/mol. The molecule has 2 aliphatic rings. The standard InChI is InChI=1S/C14H17N2.Ac/c1-11-10-14(6-8-15-9-7-14)16-13-5-3-2-4-12(11)13;/h2-5,10,16H,6-9H2,1H3;/q-1;. The molecule has 17 heavy (non-hydrogen) atoms. The topological polar surface area (TPSA) is 26.1 Å². The van der Waals surface area contributed by atoms with E-state index in [9.17, 15) is 0 Å². The van der Waals surface area contributed by atoms with Gasteiger partial charge < -0.3 is 10.6 Å². The van der Waals surface area contributed by atoms with Crippen LogP contribution < -0.4 is 5.32 Å². The molecule has 1 spiro atoms. The quantitative estimate of drug-likeness (QED) is 0.658. The van der Waals surface area contributed by atoms with E-state index in [0.29, 0.717) is 0 Å². The molecule has 1 N–H and O–H groups in total. The predicted molar refractivity (Wildman–Crippen MR) is 68.8 cm³/mol. The summed E-state index contributed by atoms with van der Waals surface area (Å²) < 4.78 is 0. The van der Waals surface area contributed by atoms with Crippen LogP contribution in [0.3, 0.4) is 0 Å². The third-order valence-corrected chi connectivity index (χ3v) is 3.66. The van der Waals surface area contributed by atoms with Gasteiger partial charge in [-0.2, -0.15) is 0 Å². The molecular formula is C14H17AcN2-. The molecule has 0 bridgehead atoms. The summed E-state index contributed by atoms with van der Waals surface area (Å²) >= 11 is 0. The minimum Gasteiger partial charge on any atom is -0.662 e. The van der Waals surface area contributed by atoms with Crippen LogP contribution in [0, 0.1) is 44.1 Å². The Balaban J connectivity index is 0.00000108. The molecule has 0 unspecified atom stereocenters. The fraction of sp³-hybridized carbons (Fsp3) is 0.429. The molecule has 87 valence electrons. The Morgan fingerprint density at radius 1 is 1.18 bits per heavy atom. The second-order valence-corrected chi connectivity index (χ2v) is 4.82. The van der Waals surface area contributed by atoms with Gasteiger partial charge in [-0.15, -0.1) is 13.1 Å². The summed E-state index contributed by atoms with van der Waals surface area (Å²) in [6.07, 6.45) is 4.65. The van der Waals surface area contributed by atoms with Crippen LogP contribution in [-0.2, 0) is 0 Å². The maximum absolute atomic E-state index is 4.44. The van der Waals surface area contributed by atoms with Crippen molar-refractivity contribution in [3.63, 3.8) is 0 Å². The van der Waals surface area contributed by atoms with Crippen molar-refractivity contribution in [2.45, 2.75) is 25.3 Å². The third-order valence-electron chi connectivity index (χ3n) is 3.66. The summed E-state index contributed by atoms with van der Waals surface area (Å²) in [4.78, 5) is 0. The molecule has 0 aliphatic carbocycles. The average Bonchev–Trinajstić information content (AvgIpc) is 2.30. The molecule has 3 heteroatoms. The molecule has 1 aromatic rings. The monoisotopic (exact) mass is 440 g/mol. The Kier molecular flexibility index (Phi) is 4.34. The van der Waals surface area contributed by atoms with Crippen molar-refractivity contribution in [1.29, 1.82) is 0 Å². The van der Waals surface area contributed by atoms with Crippen molar-refractivity contribution in [3.8, 4) is 0 Å². The molecule has 3 rings (SSSR count). The minimum absolute atomic E-state index is 0. The first kappa shape index (κ1) is 13.6. The number of para-hydroxylation sites is 1. The largest absolute Gasteiger partial charge is 0.662 e. The third kappa shape index (κ3) is 2.62. The smallest absolute Gasteiger partial charge is 0.0529 e. The molecule has 1 fully saturated rings. The maximum atomic E-state index is 4.44. The zero-order valence-electron chi connectivity index (χ0n) is 10.2. The van der Waals surface area contributed by atoms with Crippen molar-refractivity contribution in [3.05, 3.63) is 41.2 Å². The second-order valence-electron chi connectivity index (χ2n) is 4.82. The number of hydrogen-bond acceptors (Lipinski definition) is 1. The fourth-order valence-corrected chi connectivity index (χ4v) is 2.80. The predicted octanol–water partition coefficient (Wildman–Crippen LogP) is 3.42. The number of allylic oxidation sites excluding steroid dienone is 1. The molecule has 0 saturated carbocycles. The zero-order valence-corrected chi connectivity index (χ0v) is 15.0. The Morgan fingerprint density at radius 3 is 2.65 bits per heavy atom. The van der Waals surface area contributed by atoms with Crippen LogP contribution in [0.5, 0.6) is 0 Å². The van der Waals surface area contributed by atoms with Crippen molar-refractivity contribution < 1.29 is 44.1 Å². The van der Waals surface area contributed by atoms with Crippen molar-refractivity contribution in [1.82, 2.24) is 0 Å². The number of rotatable bonds is 0. The van der Waals surface area contributed by atoms with E-state index in [2.05, 4.69) is 47.9 Å². The number of piperidine rings is 1. The van der Waals surface area contributed by atoms with Gasteiger partial charge in [0.2, 0.25) is 0 Å². The second kappa shape index (κ2) is 5.43. The molecule has 1 radical (unpaired) electrons.